The minimum absolute atomic E-state index is 0.0273. The molecule has 1 unspecified atom stereocenters. The predicted molar refractivity (Wildman–Crippen MR) is 79.4 cm³/mol. The highest BCUT2D eigenvalue weighted by Gasteiger charge is 2.43. The smallest absolute Gasteiger partial charge is 0.364 e. The van der Waals surface area contributed by atoms with Crippen molar-refractivity contribution in [2.45, 2.75) is 12.2 Å². The van der Waals surface area contributed by atoms with Crippen LogP contribution in [-0.2, 0) is 0 Å². The number of halogens is 3. The largest absolute Gasteiger partial charge is 0.405 e. The van der Waals surface area contributed by atoms with Crippen molar-refractivity contribution in [1.29, 1.82) is 0 Å². The van der Waals surface area contributed by atoms with Crippen LogP contribution >= 0.6 is 0 Å². The molecule has 1 aliphatic heterocycles. The van der Waals surface area contributed by atoms with Crippen LogP contribution < -0.4 is 16.4 Å². The van der Waals surface area contributed by atoms with Crippen LogP contribution in [0.4, 0.5) is 13.2 Å². The number of pyridine rings is 1. The Labute approximate surface area is 136 Å². The number of primary amides is 1. The number of piperazine rings is 1. The van der Waals surface area contributed by atoms with Gasteiger partial charge in [-0.15, -0.1) is 0 Å². The summed E-state index contributed by atoms with van der Waals surface area (Å²) in [5.41, 5.74) is 5.06. The number of hydrogen-bond acceptors (Lipinski definition) is 5. The summed E-state index contributed by atoms with van der Waals surface area (Å²) in [5.74, 6) is -1.44. The maximum absolute atomic E-state index is 13.2. The molecule has 0 aromatic carbocycles. The summed E-state index contributed by atoms with van der Waals surface area (Å²) in [6.07, 6.45) is -3.35. The van der Waals surface area contributed by atoms with Gasteiger partial charge in [-0.1, -0.05) is 0 Å². The summed E-state index contributed by atoms with van der Waals surface area (Å²) >= 11 is 0. The van der Waals surface area contributed by atoms with Gasteiger partial charge in [0, 0.05) is 38.9 Å². The Hall–Kier alpha value is -2.20. The lowest BCUT2D eigenvalue weighted by molar-refractivity contribution is -0.183. The van der Waals surface area contributed by atoms with Gasteiger partial charge < -0.3 is 16.4 Å². The fourth-order valence-electron chi connectivity index (χ4n) is 2.41. The van der Waals surface area contributed by atoms with E-state index in [2.05, 4.69) is 15.6 Å². The molecule has 1 aromatic heterocycles. The minimum Gasteiger partial charge on any atom is -0.364 e. The molecule has 1 saturated heterocycles. The van der Waals surface area contributed by atoms with Gasteiger partial charge in [0.1, 0.15) is 11.7 Å². The van der Waals surface area contributed by atoms with E-state index in [1.165, 1.54) is 17.0 Å². The summed E-state index contributed by atoms with van der Waals surface area (Å²) in [4.78, 5) is 27.9. The molecule has 10 heteroatoms. The van der Waals surface area contributed by atoms with Crippen LogP contribution in [0.25, 0.3) is 0 Å². The van der Waals surface area contributed by atoms with Crippen LogP contribution in [0.15, 0.2) is 18.3 Å². The van der Waals surface area contributed by atoms with Crippen LogP contribution in [-0.4, -0.2) is 66.6 Å². The van der Waals surface area contributed by atoms with E-state index >= 15 is 0 Å². The summed E-state index contributed by atoms with van der Waals surface area (Å²) in [7, 11) is 0. The Bertz CT molecular complexity index is 585. The number of nitrogens with two attached hydrogens (primary N) is 1. The third-order valence-electron chi connectivity index (χ3n) is 3.70. The number of hydrogen-bond donors (Lipinski definition) is 3. The molecule has 1 atom stereocenters. The lowest BCUT2D eigenvalue weighted by Gasteiger charge is -2.35. The maximum atomic E-state index is 13.2. The van der Waals surface area contributed by atoms with Crippen molar-refractivity contribution in [2.75, 3.05) is 32.7 Å². The predicted octanol–water partition coefficient (Wildman–Crippen LogP) is -0.254. The Kier molecular flexibility index (Phi) is 5.73. The second kappa shape index (κ2) is 7.58. The highest BCUT2D eigenvalue weighted by molar-refractivity contribution is 5.95. The van der Waals surface area contributed by atoms with Gasteiger partial charge in [0.2, 0.25) is 0 Å². The van der Waals surface area contributed by atoms with Crippen molar-refractivity contribution in [3.8, 4) is 0 Å². The van der Waals surface area contributed by atoms with Crippen molar-refractivity contribution < 1.29 is 22.8 Å². The number of nitrogens with one attached hydrogen (secondary N) is 2. The number of carbonyl (C=O) groups is 2. The van der Waals surface area contributed by atoms with Crippen LogP contribution in [0.3, 0.4) is 0 Å². The molecule has 0 aliphatic carbocycles. The fourth-order valence-corrected chi connectivity index (χ4v) is 2.41. The fraction of sp³-hybridized carbons (Fsp3) is 0.500. The quantitative estimate of drug-likeness (QED) is 0.683. The van der Waals surface area contributed by atoms with Crippen molar-refractivity contribution in [2.24, 2.45) is 5.73 Å². The normalized spacial score (nSPS) is 17.3. The molecule has 1 fully saturated rings. The van der Waals surface area contributed by atoms with Gasteiger partial charge in [-0.05, 0) is 12.1 Å². The third kappa shape index (κ3) is 4.65. The van der Waals surface area contributed by atoms with E-state index in [1.54, 1.807) is 0 Å². The lowest BCUT2D eigenvalue weighted by Crippen LogP contribution is -2.57. The zero-order chi connectivity index (χ0) is 17.7. The van der Waals surface area contributed by atoms with E-state index in [-0.39, 0.29) is 24.3 Å². The Morgan fingerprint density at radius 1 is 1.33 bits per heavy atom. The van der Waals surface area contributed by atoms with E-state index in [0.29, 0.717) is 13.1 Å². The topological polar surface area (TPSA) is 100 Å². The van der Waals surface area contributed by atoms with E-state index < -0.39 is 30.6 Å². The van der Waals surface area contributed by atoms with Crippen molar-refractivity contribution in [3.63, 3.8) is 0 Å². The molecule has 1 aliphatic rings. The molecule has 0 radical (unpaired) electrons. The van der Waals surface area contributed by atoms with E-state index in [4.69, 9.17) is 5.73 Å². The molecular weight excluding hydrogens is 327 g/mol. The molecule has 7 nitrogen and oxygen atoms in total. The van der Waals surface area contributed by atoms with Crippen molar-refractivity contribution in [1.82, 2.24) is 20.5 Å². The van der Waals surface area contributed by atoms with Crippen LogP contribution in [0.1, 0.15) is 20.8 Å². The average molecular weight is 345 g/mol. The summed E-state index contributed by atoms with van der Waals surface area (Å²) < 4.78 is 39.7. The number of aromatic nitrogens is 1. The van der Waals surface area contributed by atoms with Crippen LogP contribution in [0, 0.1) is 0 Å². The Balaban J connectivity index is 1.99. The van der Waals surface area contributed by atoms with Gasteiger partial charge in [0.05, 0.1) is 5.56 Å². The molecule has 2 rings (SSSR count). The zero-order valence-corrected chi connectivity index (χ0v) is 12.8. The molecule has 0 saturated carbocycles. The van der Waals surface area contributed by atoms with Crippen molar-refractivity contribution in [3.05, 3.63) is 29.6 Å². The Morgan fingerprint density at radius 2 is 2.00 bits per heavy atom. The summed E-state index contributed by atoms with van der Waals surface area (Å²) in [6, 6.07) is 0.784. The molecule has 2 heterocycles. The van der Waals surface area contributed by atoms with Crippen LogP contribution in [0.5, 0.6) is 0 Å². The third-order valence-corrected chi connectivity index (χ3v) is 3.70. The molecule has 4 N–H and O–H groups in total. The average Bonchev–Trinajstić information content (AvgIpc) is 2.54. The number of amides is 2. The van der Waals surface area contributed by atoms with Crippen molar-refractivity contribution >= 4 is 11.8 Å². The number of carbonyl (C=O) groups excluding carboxylic acids is 2. The maximum Gasteiger partial charge on any atom is 0.405 e. The van der Waals surface area contributed by atoms with Gasteiger partial charge in [-0.2, -0.15) is 13.2 Å². The van der Waals surface area contributed by atoms with Gasteiger partial charge in [-0.3, -0.25) is 19.5 Å². The molecule has 0 spiro atoms. The summed E-state index contributed by atoms with van der Waals surface area (Å²) in [6.45, 7) is 0.905. The first kappa shape index (κ1) is 18.1. The van der Waals surface area contributed by atoms with Crippen LogP contribution in [0.2, 0.25) is 0 Å². The first-order valence-electron chi connectivity index (χ1n) is 7.34. The number of rotatable bonds is 5. The second-order valence-electron chi connectivity index (χ2n) is 5.35. The molecular formula is C14H18F3N5O2. The zero-order valence-electron chi connectivity index (χ0n) is 12.8. The molecule has 132 valence electrons. The van der Waals surface area contributed by atoms with Gasteiger partial charge in [0.15, 0.2) is 0 Å². The van der Waals surface area contributed by atoms with Gasteiger partial charge in [0.25, 0.3) is 11.8 Å². The van der Waals surface area contributed by atoms with Gasteiger partial charge in [-0.25, -0.2) is 0 Å². The second-order valence-corrected chi connectivity index (χ2v) is 5.35. The molecule has 24 heavy (non-hydrogen) atoms. The standard InChI is InChI=1S/C14H18F3N5O2/c15-14(16,17)11(22-5-3-19-4-6-22)8-21-13(24)9-1-2-10(12(18)23)20-7-9/h1-2,7,11,19H,3-6,8H2,(H2,18,23)(H,21,24). The molecule has 1 aromatic rings. The SMILES string of the molecule is NC(=O)c1ccc(C(=O)NCC(N2CCNCC2)C(F)(F)F)cn1. The highest BCUT2D eigenvalue weighted by atomic mass is 19.4. The Morgan fingerprint density at radius 3 is 2.50 bits per heavy atom. The molecule has 2 amide bonds. The van der Waals surface area contributed by atoms with E-state index in [1.807, 2.05) is 0 Å². The molecule has 0 bridgehead atoms. The van der Waals surface area contributed by atoms with Gasteiger partial charge >= 0.3 is 6.18 Å². The summed E-state index contributed by atoms with van der Waals surface area (Å²) in [5, 5.41) is 5.26. The lowest BCUT2D eigenvalue weighted by atomic mass is 10.2. The minimum atomic E-state index is -4.45. The number of alkyl halides is 3. The number of nitrogens with zero attached hydrogens (tertiary/aromatic N) is 2. The first-order valence-corrected chi connectivity index (χ1v) is 7.34. The monoisotopic (exact) mass is 345 g/mol. The highest BCUT2D eigenvalue weighted by Crippen LogP contribution is 2.24. The van der Waals surface area contributed by atoms with E-state index in [9.17, 15) is 22.8 Å². The van der Waals surface area contributed by atoms with E-state index in [0.717, 1.165) is 6.20 Å². The first-order chi connectivity index (χ1) is 11.3.